The van der Waals surface area contributed by atoms with Gasteiger partial charge in [0.1, 0.15) is 11.6 Å². The number of nitrogens with zero attached hydrogens (tertiary/aromatic N) is 1. The molecule has 0 saturated heterocycles. The van der Waals surface area contributed by atoms with Gasteiger partial charge in [-0.15, -0.1) is 0 Å². The number of para-hydroxylation sites is 1. The second kappa shape index (κ2) is 7.80. The third kappa shape index (κ3) is 3.74. The number of hydrogen-bond acceptors (Lipinski definition) is 1. The van der Waals surface area contributed by atoms with Crippen LogP contribution in [-0.2, 0) is 0 Å². The maximum atomic E-state index is 14.1. The van der Waals surface area contributed by atoms with Crippen LogP contribution in [0.25, 0.3) is 0 Å². The molecule has 0 radical (unpaired) electrons. The van der Waals surface area contributed by atoms with Gasteiger partial charge in [-0.25, -0.2) is 13.6 Å². The summed E-state index contributed by atoms with van der Waals surface area (Å²) in [6, 6.07) is 19.8. The summed E-state index contributed by atoms with van der Waals surface area (Å²) in [4.78, 5) is 14.5. The van der Waals surface area contributed by atoms with Gasteiger partial charge in [-0.1, -0.05) is 36.4 Å². The number of anilines is 2. The van der Waals surface area contributed by atoms with E-state index in [0.29, 0.717) is 17.9 Å². The Morgan fingerprint density at radius 2 is 1.64 bits per heavy atom. The molecule has 0 aliphatic carbocycles. The second-order valence-corrected chi connectivity index (χ2v) is 6.90. The van der Waals surface area contributed by atoms with Crippen molar-refractivity contribution in [2.24, 2.45) is 0 Å². The number of amides is 2. The number of benzene rings is 3. The molecule has 0 spiro atoms. The molecule has 0 aromatic heterocycles. The van der Waals surface area contributed by atoms with Crippen LogP contribution >= 0.6 is 0 Å². The van der Waals surface area contributed by atoms with Crippen LogP contribution in [-0.4, -0.2) is 12.6 Å². The number of rotatable bonds is 2. The van der Waals surface area contributed by atoms with Gasteiger partial charge in [0.2, 0.25) is 0 Å². The Morgan fingerprint density at radius 3 is 2.39 bits per heavy atom. The van der Waals surface area contributed by atoms with Crippen LogP contribution in [0.3, 0.4) is 0 Å². The summed E-state index contributed by atoms with van der Waals surface area (Å²) in [5, 5.41) is 2.88. The van der Waals surface area contributed by atoms with Gasteiger partial charge in [0.05, 0.1) is 5.69 Å². The van der Waals surface area contributed by atoms with Crippen LogP contribution in [0.1, 0.15) is 29.9 Å². The summed E-state index contributed by atoms with van der Waals surface area (Å²) in [5.74, 6) is -0.706. The number of urea groups is 1. The molecule has 3 aromatic rings. The van der Waals surface area contributed by atoms with Crippen molar-refractivity contribution in [3.63, 3.8) is 0 Å². The van der Waals surface area contributed by atoms with Crippen LogP contribution in [0.2, 0.25) is 0 Å². The van der Waals surface area contributed by atoms with E-state index in [0.717, 1.165) is 24.0 Å². The minimum atomic E-state index is -0.393. The molecule has 1 N–H and O–H groups in total. The Labute approximate surface area is 162 Å². The number of fused-ring (bicyclic) bond motifs is 1. The fourth-order valence-corrected chi connectivity index (χ4v) is 3.74. The molecular weight excluding hydrogens is 358 g/mol. The molecule has 0 fully saturated rings. The Morgan fingerprint density at radius 1 is 0.929 bits per heavy atom. The summed E-state index contributed by atoms with van der Waals surface area (Å²) in [6.45, 7) is 0.479. The summed E-state index contributed by atoms with van der Waals surface area (Å²) >= 11 is 0. The highest BCUT2D eigenvalue weighted by Gasteiger charge is 2.28. The molecule has 1 aliphatic heterocycles. The highest BCUT2D eigenvalue weighted by atomic mass is 19.1. The molecule has 1 atom stereocenters. The number of carbonyl (C=O) groups is 1. The van der Waals surface area contributed by atoms with Crippen LogP contribution in [0.15, 0.2) is 72.8 Å². The van der Waals surface area contributed by atoms with Crippen molar-refractivity contribution in [3.05, 3.63) is 95.6 Å². The Bertz CT molecular complexity index is 974. The number of hydrogen-bond donors (Lipinski definition) is 1. The maximum absolute atomic E-state index is 14.1. The number of halogens is 2. The van der Waals surface area contributed by atoms with Crippen LogP contribution < -0.4 is 10.2 Å². The highest BCUT2D eigenvalue weighted by molar-refractivity contribution is 6.02. The van der Waals surface area contributed by atoms with Crippen LogP contribution in [0.5, 0.6) is 0 Å². The zero-order valence-electron chi connectivity index (χ0n) is 15.2. The molecule has 0 saturated carbocycles. The normalized spacial score (nSPS) is 16.2. The van der Waals surface area contributed by atoms with Gasteiger partial charge < -0.3 is 5.32 Å². The third-order valence-electron chi connectivity index (χ3n) is 5.08. The fourth-order valence-electron chi connectivity index (χ4n) is 3.74. The zero-order chi connectivity index (χ0) is 19.5. The van der Waals surface area contributed by atoms with Crippen molar-refractivity contribution in [3.8, 4) is 0 Å². The predicted molar refractivity (Wildman–Crippen MR) is 107 cm³/mol. The average Bonchev–Trinajstić information content (AvgIpc) is 2.89. The van der Waals surface area contributed by atoms with Gasteiger partial charge in [0.25, 0.3) is 0 Å². The lowest BCUT2D eigenvalue weighted by Gasteiger charge is -2.24. The van der Waals surface area contributed by atoms with Crippen LogP contribution in [0, 0.1) is 11.6 Å². The lowest BCUT2D eigenvalue weighted by molar-refractivity contribution is 0.257. The third-order valence-corrected chi connectivity index (χ3v) is 5.08. The van der Waals surface area contributed by atoms with Crippen molar-refractivity contribution in [2.75, 3.05) is 16.8 Å². The van der Waals surface area contributed by atoms with E-state index in [1.165, 1.54) is 24.3 Å². The minimum absolute atomic E-state index is 0.0225. The molecule has 1 aliphatic rings. The van der Waals surface area contributed by atoms with Gasteiger partial charge in [-0.2, -0.15) is 0 Å². The summed E-state index contributed by atoms with van der Waals surface area (Å²) in [7, 11) is 0. The van der Waals surface area contributed by atoms with Crippen molar-refractivity contribution in [1.29, 1.82) is 0 Å². The Kier molecular flexibility index (Phi) is 5.06. The van der Waals surface area contributed by atoms with Crippen molar-refractivity contribution >= 4 is 17.4 Å². The van der Waals surface area contributed by atoms with E-state index >= 15 is 0 Å². The summed E-state index contributed by atoms with van der Waals surface area (Å²) < 4.78 is 27.4. The quantitative estimate of drug-likeness (QED) is 0.589. The lowest BCUT2D eigenvalue weighted by Crippen LogP contribution is -2.35. The molecule has 28 heavy (non-hydrogen) atoms. The summed E-state index contributed by atoms with van der Waals surface area (Å²) in [6.07, 6.45) is 1.54. The van der Waals surface area contributed by atoms with Crippen molar-refractivity contribution in [2.45, 2.75) is 18.8 Å². The van der Waals surface area contributed by atoms with Gasteiger partial charge in [-0.3, -0.25) is 4.90 Å². The van der Waals surface area contributed by atoms with Gasteiger partial charge in [0.15, 0.2) is 0 Å². The molecule has 5 heteroatoms. The van der Waals surface area contributed by atoms with E-state index in [1.807, 2.05) is 30.3 Å². The molecule has 3 aromatic carbocycles. The van der Waals surface area contributed by atoms with Gasteiger partial charge in [-0.05, 0) is 60.4 Å². The average molecular weight is 378 g/mol. The molecule has 142 valence electrons. The molecular formula is C23H20F2N2O. The predicted octanol–water partition coefficient (Wildman–Crippen LogP) is 5.93. The number of nitrogens with one attached hydrogen (secondary N) is 1. The SMILES string of the molecule is O=C(Nc1ccccc1)N1CCCC(c2ccc(F)cc2)c2ccc(F)cc21. The second-order valence-electron chi connectivity index (χ2n) is 6.90. The first-order valence-electron chi connectivity index (χ1n) is 9.30. The van der Waals surface area contributed by atoms with Crippen molar-refractivity contribution < 1.29 is 13.6 Å². The first kappa shape index (κ1) is 18.2. The molecule has 0 bridgehead atoms. The van der Waals surface area contributed by atoms with Gasteiger partial charge in [0, 0.05) is 18.2 Å². The molecule has 2 amide bonds. The number of carbonyl (C=O) groups excluding carboxylic acids is 1. The van der Waals surface area contributed by atoms with E-state index < -0.39 is 5.82 Å². The fraction of sp³-hybridized carbons (Fsp3) is 0.174. The van der Waals surface area contributed by atoms with Crippen LogP contribution in [0.4, 0.5) is 25.0 Å². The van der Waals surface area contributed by atoms with E-state index in [2.05, 4.69) is 5.32 Å². The van der Waals surface area contributed by atoms with E-state index in [1.54, 1.807) is 23.1 Å². The highest BCUT2D eigenvalue weighted by Crippen LogP contribution is 2.39. The molecule has 1 heterocycles. The molecule has 3 nitrogen and oxygen atoms in total. The lowest BCUT2D eigenvalue weighted by atomic mass is 9.87. The van der Waals surface area contributed by atoms with E-state index in [-0.39, 0.29) is 17.8 Å². The monoisotopic (exact) mass is 378 g/mol. The summed E-state index contributed by atoms with van der Waals surface area (Å²) in [5.41, 5.74) is 3.07. The van der Waals surface area contributed by atoms with E-state index in [9.17, 15) is 13.6 Å². The topological polar surface area (TPSA) is 32.3 Å². The molecule has 1 unspecified atom stereocenters. The van der Waals surface area contributed by atoms with Gasteiger partial charge >= 0.3 is 6.03 Å². The smallest absolute Gasteiger partial charge is 0.308 e. The van der Waals surface area contributed by atoms with E-state index in [4.69, 9.17) is 0 Å². The minimum Gasteiger partial charge on any atom is -0.308 e. The zero-order valence-corrected chi connectivity index (χ0v) is 15.2. The first-order chi connectivity index (χ1) is 13.6. The Balaban J connectivity index is 1.70. The standard InChI is InChI=1S/C23H20F2N2O/c24-17-10-8-16(9-11-17)20-7-4-14-27(22-15-18(25)12-13-21(20)22)23(28)26-19-5-2-1-3-6-19/h1-3,5-6,8-13,15,20H,4,7,14H2,(H,26,28). The largest absolute Gasteiger partial charge is 0.326 e. The maximum Gasteiger partial charge on any atom is 0.326 e. The van der Waals surface area contributed by atoms with Crippen molar-refractivity contribution in [1.82, 2.24) is 0 Å². The first-order valence-corrected chi connectivity index (χ1v) is 9.30. The Hall–Kier alpha value is -3.21. The molecule has 4 rings (SSSR count).